The Morgan fingerprint density at radius 2 is 2.39 bits per heavy atom. The first-order chi connectivity index (χ1) is 8.74. The van der Waals surface area contributed by atoms with Gasteiger partial charge >= 0.3 is 5.97 Å². The maximum absolute atomic E-state index is 11.0. The van der Waals surface area contributed by atoms with Crippen LogP contribution in [0, 0.1) is 0 Å². The lowest BCUT2D eigenvalue weighted by molar-refractivity contribution is -0.148. The molecule has 100 valence electrons. The summed E-state index contributed by atoms with van der Waals surface area (Å²) < 4.78 is 9.93. The van der Waals surface area contributed by atoms with Crippen molar-refractivity contribution in [3.8, 4) is 0 Å². The minimum Gasteiger partial charge on any atom is -0.464 e. The van der Waals surface area contributed by atoms with Gasteiger partial charge in [0.2, 0.25) is 0 Å². The van der Waals surface area contributed by atoms with Gasteiger partial charge in [0.05, 0.1) is 13.2 Å². The number of ether oxygens (including phenoxy) is 2. The summed E-state index contributed by atoms with van der Waals surface area (Å²) in [5.41, 5.74) is 1.13. The largest absolute Gasteiger partial charge is 0.464 e. The lowest BCUT2D eigenvalue weighted by Crippen LogP contribution is -2.24. The highest BCUT2D eigenvalue weighted by Gasteiger charge is 2.04. The number of carbonyl (C=O) groups is 1. The Hall–Kier alpha value is -1.46. The van der Waals surface area contributed by atoms with Crippen LogP contribution in [0.1, 0.15) is 25.5 Å². The normalized spacial score (nSPS) is 12.1. The number of nitrogens with zero attached hydrogens (tertiary/aromatic N) is 1. The standard InChI is InChI=1S/C13H20N2O3/c1-3-18-13(16)10-17-8-7-15-11(2)12-5-4-6-14-9-12/h4-6,9,11,15H,3,7-8,10H2,1-2H3. The molecule has 1 N–H and O–H groups in total. The average Bonchev–Trinajstić information content (AvgIpc) is 2.39. The Kier molecular flexibility index (Phi) is 6.98. The second-order valence-electron chi connectivity index (χ2n) is 3.82. The fourth-order valence-electron chi connectivity index (χ4n) is 1.46. The Morgan fingerprint density at radius 1 is 1.56 bits per heavy atom. The van der Waals surface area contributed by atoms with E-state index in [-0.39, 0.29) is 18.6 Å². The number of hydrogen-bond donors (Lipinski definition) is 1. The van der Waals surface area contributed by atoms with E-state index in [9.17, 15) is 4.79 Å². The first-order valence-corrected chi connectivity index (χ1v) is 6.10. The zero-order valence-corrected chi connectivity index (χ0v) is 10.9. The number of pyridine rings is 1. The molecule has 0 aliphatic rings. The van der Waals surface area contributed by atoms with Crippen molar-refractivity contribution in [1.29, 1.82) is 0 Å². The number of carbonyl (C=O) groups excluding carboxylic acids is 1. The summed E-state index contributed by atoms with van der Waals surface area (Å²) in [5, 5.41) is 3.29. The maximum atomic E-state index is 11.0. The number of esters is 1. The van der Waals surface area contributed by atoms with Gasteiger partial charge in [0, 0.05) is 25.0 Å². The van der Waals surface area contributed by atoms with Gasteiger partial charge < -0.3 is 14.8 Å². The third kappa shape index (κ3) is 5.75. The maximum Gasteiger partial charge on any atom is 0.332 e. The predicted octanol–water partition coefficient (Wildman–Crippen LogP) is 1.31. The molecule has 18 heavy (non-hydrogen) atoms. The first-order valence-electron chi connectivity index (χ1n) is 6.10. The molecule has 0 amide bonds. The van der Waals surface area contributed by atoms with Gasteiger partial charge in [0.1, 0.15) is 6.61 Å². The second-order valence-corrected chi connectivity index (χ2v) is 3.82. The van der Waals surface area contributed by atoms with E-state index in [1.807, 2.05) is 18.3 Å². The van der Waals surface area contributed by atoms with Crippen LogP contribution in [0.2, 0.25) is 0 Å². The summed E-state index contributed by atoms with van der Waals surface area (Å²) >= 11 is 0. The number of nitrogens with one attached hydrogen (secondary N) is 1. The van der Waals surface area contributed by atoms with Crippen molar-refractivity contribution in [3.63, 3.8) is 0 Å². The molecule has 1 heterocycles. The zero-order valence-electron chi connectivity index (χ0n) is 10.9. The molecule has 5 heteroatoms. The van der Waals surface area contributed by atoms with Crippen LogP contribution in [0.5, 0.6) is 0 Å². The number of hydrogen-bond acceptors (Lipinski definition) is 5. The van der Waals surface area contributed by atoms with Crippen molar-refractivity contribution >= 4 is 5.97 Å². The van der Waals surface area contributed by atoms with Crippen LogP contribution in [0.4, 0.5) is 0 Å². The van der Waals surface area contributed by atoms with Crippen molar-refractivity contribution in [2.75, 3.05) is 26.4 Å². The molecule has 1 rings (SSSR count). The smallest absolute Gasteiger partial charge is 0.332 e. The predicted molar refractivity (Wildman–Crippen MR) is 68.1 cm³/mol. The van der Waals surface area contributed by atoms with E-state index in [4.69, 9.17) is 9.47 Å². The van der Waals surface area contributed by atoms with Gasteiger partial charge in [0.15, 0.2) is 0 Å². The average molecular weight is 252 g/mol. The minimum atomic E-state index is -0.321. The quantitative estimate of drug-likeness (QED) is 0.558. The van der Waals surface area contributed by atoms with Gasteiger partial charge in [-0.1, -0.05) is 6.07 Å². The van der Waals surface area contributed by atoms with E-state index in [1.54, 1.807) is 13.1 Å². The molecule has 0 aliphatic heterocycles. The molecule has 1 aromatic rings. The molecule has 0 saturated heterocycles. The SMILES string of the molecule is CCOC(=O)COCCNC(C)c1cccnc1. The molecule has 1 atom stereocenters. The molecule has 0 aliphatic carbocycles. The van der Waals surface area contributed by atoms with Crippen LogP contribution in [0.15, 0.2) is 24.5 Å². The topological polar surface area (TPSA) is 60.5 Å². The van der Waals surface area contributed by atoms with Gasteiger partial charge in [-0.2, -0.15) is 0 Å². The molecule has 5 nitrogen and oxygen atoms in total. The highest BCUT2D eigenvalue weighted by Crippen LogP contribution is 2.08. The minimum absolute atomic E-state index is 0.0107. The van der Waals surface area contributed by atoms with Crippen molar-refractivity contribution < 1.29 is 14.3 Å². The van der Waals surface area contributed by atoms with Gasteiger partial charge in [-0.15, -0.1) is 0 Å². The van der Waals surface area contributed by atoms with Crippen LogP contribution < -0.4 is 5.32 Å². The van der Waals surface area contributed by atoms with E-state index in [0.29, 0.717) is 19.8 Å². The van der Waals surface area contributed by atoms with E-state index >= 15 is 0 Å². The van der Waals surface area contributed by atoms with Crippen molar-refractivity contribution in [2.45, 2.75) is 19.9 Å². The Labute approximate surface area is 108 Å². The molecular weight excluding hydrogens is 232 g/mol. The molecule has 0 radical (unpaired) electrons. The highest BCUT2D eigenvalue weighted by molar-refractivity contribution is 5.70. The van der Waals surface area contributed by atoms with Crippen LogP contribution >= 0.6 is 0 Å². The summed E-state index contributed by atoms with van der Waals surface area (Å²) in [5.74, 6) is -0.321. The molecule has 0 bridgehead atoms. The van der Waals surface area contributed by atoms with Crippen LogP contribution in [0.25, 0.3) is 0 Å². The molecule has 1 unspecified atom stereocenters. The third-order valence-corrected chi connectivity index (χ3v) is 2.41. The fourth-order valence-corrected chi connectivity index (χ4v) is 1.46. The van der Waals surface area contributed by atoms with Crippen LogP contribution in [-0.4, -0.2) is 37.3 Å². The summed E-state index contributed by atoms with van der Waals surface area (Å²) in [6.45, 7) is 5.38. The second kappa shape index (κ2) is 8.60. The van der Waals surface area contributed by atoms with E-state index in [1.165, 1.54) is 0 Å². The summed E-state index contributed by atoms with van der Waals surface area (Å²) in [4.78, 5) is 15.0. The Balaban J connectivity index is 2.09. The third-order valence-electron chi connectivity index (χ3n) is 2.41. The Morgan fingerprint density at radius 3 is 3.06 bits per heavy atom. The number of rotatable bonds is 8. The summed E-state index contributed by atoms with van der Waals surface area (Å²) in [6, 6.07) is 4.14. The van der Waals surface area contributed by atoms with E-state index in [2.05, 4.69) is 17.2 Å². The summed E-state index contributed by atoms with van der Waals surface area (Å²) in [6.07, 6.45) is 3.58. The van der Waals surface area contributed by atoms with Crippen molar-refractivity contribution in [1.82, 2.24) is 10.3 Å². The van der Waals surface area contributed by atoms with Gasteiger partial charge in [-0.3, -0.25) is 4.98 Å². The van der Waals surface area contributed by atoms with Crippen molar-refractivity contribution in [3.05, 3.63) is 30.1 Å². The summed E-state index contributed by atoms with van der Waals surface area (Å²) in [7, 11) is 0. The highest BCUT2D eigenvalue weighted by atomic mass is 16.6. The Bertz CT molecular complexity index is 343. The van der Waals surface area contributed by atoms with Crippen LogP contribution in [0.3, 0.4) is 0 Å². The molecule has 0 fully saturated rings. The van der Waals surface area contributed by atoms with Crippen LogP contribution in [-0.2, 0) is 14.3 Å². The van der Waals surface area contributed by atoms with E-state index in [0.717, 1.165) is 5.56 Å². The fraction of sp³-hybridized carbons (Fsp3) is 0.538. The molecule has 1 aromatic heterocycles. The van der Waals surface area contributed by atoms with Crippen molar-refractivity contribution in [2.24, 2.45) is 0 Å². The lowest BCUT2D eigenvalue weighted by atomic mass is 10.1. The van der Waals surface area contributed by atoms with E-state index < -0.39 is 0 Å². The number of aromatic nitrogens is 1. The zero-order chi connectivity index (χ0) is 13.2. The molecule has 0 saturated carbocycles. The molecule has 0 aromatic carbocycles. The van der Waals surface area contributed by atoms with Gasteiger partial charge in [-0.05, 0) is 25.5 Å². The lowest BCUT2D eigenvalue weighted by Gasteiger charge is -2.13. The van der Waals surface area contributed by atoms with Gasteiger partial charge in [0.25, 0.3) is 0 Å². The monoisotopic (exact) mass is 252 g/mol. The molecule has 0 spiro atoms. The molecular formula is C13H20N2O3. The first kappa shape index (κ1) is 14.6. The van der Waals surface area contributed by atoms with Gasteiger partial charge in [-0.25, -0.2) is 4.79 Å².